The predicted octanol–water partition coefficient (Wildman–Crippen LogP) is -4.13. The molecular weight excluding hydrogens is 350 g/mol. The van der Waals surface area contributed by atoms with E-state index in [2.05, 4.69) is 53.1 Å². The van der Waals surface area contributed by atoms with Crippen LogP contribution in [0.5, 0.6) is 0 Å². The Morgan fingerprint density at radius 2 is 1.63 bits per heavy atom. The van der Waals surface area contributed by atoms with Crippen LogP contribution in [0.15, 0.2) is 22.8 Å². The molecule has 0 aromatic rings. The van der Waals surface area contributed by atoms with E-state index >= 15 is 0 Å². The van der Waals surface area contributed by atoms with Gasteiger partial charge in [0.15, 0.2) is 0 Å². The first-order valence-corrected chi connectivity index (χ1v) is 11.0. The monoisotopic (exact) mass is 372 g/mol. The van der Waals surface area contributed by atoms with Crippen molar-refractivity contribution in [3.05, 3.63) is 22.8 Å². The summed E-state index contributed by atoms with van der Waals surface area (Å²) in [6, 6.07) is 1.43. The third kappa shape index (κ3) is 4.90. The maximum absolute atomic E-state index is 2.51. The van der Waals surface area contributed by atoms with Gasteiger partial charge in [0.1, 0.15) is 0 Å². The van der Waals surface area contributed by atoms with Crippen LogP contribution >= 0.6 is 0 Å². The van der Waals surface area contributed by atoms with Gasteiger partial charge in [-0.3, -0.25) is 0 Å². The zero-order valence-corrected chi connectivity index (χ0v) is 17.1. The molecule has 1 unspecified atom stereocenters. The Balaban J connectivity index is 0. The fraction of sp³-hybridized carbons (Fsp3) is 0.714. The van der Waals surface area contributed by atoms with E-state index in [4.69, 9.17) is 0 Å². The fourth-order valence-corrected chi connectivity index (χ4v) is 8.37. The zero-order chi connectivity index (χ0) is 12.0. The summed E-state index contributed by atoms with van der Waals surface area (Å²) in [6.07, 6.45) is 8.04. The molecule has 19 heavy (non-hydrogen) atoms. The van der Waals surface area contributed by atoms with Gasteiger partial charge in [-0.25, -0.2) is 0 Å². The van der Waals surface area contributed by atoms with Crippen LogP contribution < -0.4 is 37.2 Å². The summed E-state index contributed by atoms with van der Waals surface area (Å²) < 4.78 is 0.431. The van der Waals surface area contributed by atoms with Gasteiger partial charge in [0.2, 0.25) is 0 Å². The van der Waals surface area contributed by atoms with E-state index in [1.807, 2.05) is 0 Å². The Morgan fingerprint density at radius 3 is 2.16 bits per heavy atom. The van der Waals surface area contributed by atoms with Gasteiger partial charge in [-0.1, -0.05) is 0 Å². The molecule has 108 valence electrons. The van der Waals surface area contributed by atoms with Gasteiger partial charge >= 0.3 is 113 Å². The van der Waals surface area contributed by atoms with Crippen LogP contribution in [0, 0.1) is 0 Å². The minimum atomic E-state index is -0.988. The van der Waals surface area contributed by atoms with Crippen LogP contribution in [0.3, 0.4) is 0 Å². The molecule has 0 radical (unpaired) electrons. The molecule has 0 bridgehead atoms. The van der Waals surface area contributed by atoms with E-state index in [1.165, 1.54) is 31.7 Å². The van der Waals surface area contributed by atoms with Crippen LogP contribution in [0.4, 0.5) is 0 Å². The molecule has 2 aliphatic carbocycles. The molecule has 1 atom stereocenters. The van der Waals surface area contributed by atoms with Crippen LogP contribution in [-0.4, -0.2) is 8.07 Å². The van der Waals surface area contributed by atoms with Crippen LogP contribution in [0.1, 0.15) is 32.6 Å². The van der Waals surface area contributed by atoms with Crippen molar-refractivity contribution in [2.24, 2.45) is 0 Å². The SMILES string of the molecule is CC1=CC2=C(CCCC2)[C]1([Ti+3])C[Si](C)(C)C.[Cl-].[Cl-].[Cl-]. The minimum absolute atomic E-state index is 0. The standard InChI is InChI=1S/C14H23Si.3ClH.Ti/c1-11-9-12-7-5-6-8-13(12)14(11)10-15(2,3)4;;;;/h9H,5-8,10H2,1-4H3;3*1H;/q;;;;+3/p-3. The van der Waals surface area contributed by atoms with Gasteiger partial charge in [0.05, 0.1) is 0 Å². The molecule has 0 fully saturated rings. The van der Waals surface area contributed by atoms with Gasteiger partial charge in [-0.05, 0) is 0 Å². The van der Waals surface area contributed by atoms with Crippen molar-refractivity contribution in [1.29, 1.82) is 0 Å². The predicted molar refractivity (Wildman–Crippen MR) is 70.1 cm³/mol. The quantitative estimate of drug-likeness (QED) is 0.432. The summed E-state index contributed by atoms with van der Waals surface area (Å²) in [5, 5.41) is 0. The maximum Gasteiger partial charge on any atom is -1.00 e. The van der Waals surface area contributed by atoms with Crippen LogP contribution in [0.2, 0.25) is 29.4 Å². The van der Waals surface area contributed by atoms with Gasteiger partial charge in [0.25, 0.3) is 0 Å². The zero-order valence-electron chi connectivity index (χ0n) is 12.2. The second-order valence-electron chi connectivity index (χ2n) is 6.68. The molecule has 0 aromatic carbocycles. The first-order valence-electron chi connectivity index (χ1n) is 6.49. The van der Waals surface area contributed by atoms with Crippen molar-refractivity contribution in [2.45, 2.75) is 62.0 Å². The van der Waals surface area contributed by atoms with E-state index in [0.29, 0.717) is 3.72 Å². The smallest absolute Gasteiger partial charge is 1.00 e. The Bertz CT molecular complexity index is 371. The van der Waals surface area contributed by atoms with Crippen molar-refractivity contribution in [3.8, 4) is 0 Å². The molecule has 0 saturated heterocycles. The summed E-state index contributed by atoms with van der Waals surface area (Å²) in [5.74, 6) is 0. The van der Waals surface area contributed by atoms with E-state index in [-0.39, 0.29) is 37.2 Å². The van der Waals surface area contributed by atoms with Crippen molar-refractivity contribution < 1.29 is 57.7 Å². The molecule has 0 nitrogen and oxygen atoms in total. The number of rotatable bonds is 2. The number of allylic oxidation sites excluding steroid dienone is 4. The number of hydrogen-bond acceptors (Lipinski definition) is 0. The van der Waals surface area contributed by atoms with E-state index < -0.39 is 8.07 Å². The van der Waals surface area contributed by atoms with Gasteiger partial charge in [-0.2, -0.15) is 0 Å². The Hall–Kier alpha value is 1.28. The van der Waals surface area contributed by atoms with Crippen molar-refractivity contribution in [2.75, 3.05) is 0 Å². The molecule has 0 aliphatic heterocycles. The number of halogens is 3. The molecule has 0 saturated carbocycles. The molecule has 5 heteroatoms. The largest absolute Gasteiger partial charge is 1.00 e. The average molecular weight is 374 g/mol. The van der Waals surface area contributed by atoms with Crippen LogP contribution in [0.25, 0.3) is 0 Å². The normalized spacial score (nSPS) is 25.7. The molecule has 0 spiro atoms. The summed E-state index contributed by atoms with van der Waals surface area (Å²) in [4.78, 5) is 0. The minimum Gasteiger partial charge on any atom is -1.00 e. The first-order chi connectivity index (χ1) is 7.33. The Kier molecular flexibility index (Phi) is 9.57. The Labute approximate surface area is 149 Å². The second-order valence-corrected chi connectivity index (χ2v) is 13.5. The third-order valence-corrected chi connectivity index (χ3v) is 7.39. The van der Waals surface area contributed by atoms with Crippen molar-refractivity contribution >= 4 is 8.07 Å². The third-order valence-electron chi connectivity index (χ3n) is 3.89. The Morgan fingerprint density at radius 1 is 1.11 bits per heavy atom. The van der Waals surface area contributed by atoms with Gasteiger partial charge in [0, 0.05) is 0 Å². The molecule has 2 rings (SSSR count). The molecule has 0 N–H and O–H groups in total. The molecule has 0 aromatic heterocycles. The average Bonchev–Trinajstić information content (AvgIpc) is 2.37. The summed E-state index contributed by atoms with van der Waals surface area (Å²) in [6.45, 7) is 9.88. The summed E-state index contributed by atoms with van der Waals surface area (Å²) in [7, 11) is -0.988. The molecule has 2 aliphatic rings. The first kappa shape index (κ1) is 22.6. The maximum atomic E-state index is 2.51. The second kappa shape index (κ2) is 8.06. The van der Waals surface area contributed by atoms with E-state index in [0.717, 1.165) is 0 Å². The van der Waals surface area contributed by atoms with Crippen LogP contribution in [-0.2, 0) is 20.4 Å². The van der Waals surface area contributed by atoms with Gasteiger partial charge in [-0.15, -0.1) is 0 Å². The summed E-state index contributed by atoms with van der Waals surface area (Å²) in [5.41, 5.74) is 5.14. The van der Waals surface area contributed by atoms with E-state index in [9.17, 15) is 0 Å². The molecule has 0 heterocycles. The molecule has 0 amide bonds. The van der Waals surface area contributed by atoms with Crippen molar-refractivity contribution in [3.63, 3.8) is 0 Å². The topological polar surface area (TPSA) is 0 Å². The van der Waals surface area contributed by atoms with Gasteiger partial charge < -0.3 is 37.2 Å². The summed E-state index contributed by atoms with van der Waals surface area (Å²) >= 11 is 2.50. The van der Waals surface area contributed by atoms with E-state index in [1.54, 1.807) is 16.7 Å². The fourth-order valence-electron chi connectivity index (χ4n) is 3.24. The van der Waals surface area contributed by atoms with Crippen molar-refractivity contribution in [1.82, 2.24) is 0 Å². The number of hydrogen-bond donors (Lipinski definition) is 0. The molecular formula is C14H23Cl3SiTi.